The zero-order valence-electron chi connectivity index (χ0n) is 12.2. The van der Waals surface area contributed by atoms with Gasteiger partial charge in [-0.1, -0.05) is 12.1 Å². The van der Waals surface area contributed by atoms with Gasteiger partial charge < -0.3 is 10.6 Å². The predicted octanol–water partition coefficient (Wildman–Crippen LogP) is 1.78. The number of aromatic nitrogens is 2. The van der Waals surface area contributed by atoms with E-state index >= 15 is 0 Å². The molecule has 1 aromatic heterocycles. The fourth-order valence-corrected chi connectivity index (χ4v) is 2.73. The molecule has 1 fully saturated rings. The smallest absolute Gasteiger partial charge is 0.269 e. The highest BCUT2D eigenvalue weighted by atomic mass is 16.1. The molecule has 0 unspecified atom stereocenters. The van der Waals surface area contributed by atoms with Gasteiger partial charge >= 0.3 is 0 Å². The lowest BCUT2D eigenvalue weighted by atomic mass is 10.1. The summed E-state index contributed by atoms with van der Waals surface area (Å²) in [5.41, 5.74) is 9.55. The number of hydrogen-bond acceptors (Lipinski definition) is 4. The standard InChI is InChI=1S/C16H20N4O/c1-12-13(5-4-6-15(12)17)11-20-16(21)9-14(10-18-20)19-7-2-3-8-19/h4-6,9-10H,2-3,7-8,11,17H2,1H3. The molecule has 0 atom stereocenters. The van der Waals surface area contributed by atoms with Crippen LogP contribution in [0.3, 0.4) is 0 Å². The second kappa shape index (κ2) is 5.60. The summed E-state index contributed by atoms with van der Waals surface area (Å²) in [4.78, 5) is 14.5. The Kier molecular flexibility index (Phi) is 3.64. The number of nitrogen functional groups attached to an aromatic ring is 1. The van der Waals surface area contributed by atoms with Crippen LogP contribution in [-0.2, 0) is 6.54 Å². The molecule has 0 radical (unpaired) electrons. The van der Waals surface area contributed by atoms with Gasteiger partial charge in [-0.2, -0.15) is 5.10 Å². The Hall–Kier alpha value is -2.30. The van der Waals surface area contributed by atoms with Gasteiger partial charge in [-0.05, 0) is 37.0 Å². The molecule has 0 bridgehead atoms. The van der Waals surface area contributed by atoms with Crippen molar-refractivity contribution in [3.63, 3.8) is 0 Å². The summed E-state index contributed by atoms with van der Waals surface area (Å²) in [6.07, 6.45) is 4.16. The highest BCUT2D eigenvalue weighted by molar-refractivity contribution is 5.50. The molecule has 21 heavy (non-hydrogen) atoms. The van der Waals surface area contributed by atoms with Crippen LogP contribution in [0.1, 0.15) is 24.0 Å². The number of anilines is 2. The van der Waals surface area contributed by atoms with Crippen molar-refractivity contribution < 1.29 is 0 Å². The Bertz CT molecular complexity index is 702. The molecule has 2 N–H and O–H groups in total. The van der Waals surface area contributed by atoms with Crippen molar-refractivity contribution >= 4 is 11.4 Å². The Morgan fingerprint density at radius 1 is 1.29 bits per heavy atom. The van der Waals surface area contributed by atoms with Gasteiger partial charge in [-0.15, -0.1) is 0 Å². The summed E-state index contributed by atoms with van der Waals surface area (Å²) in [7, 11) is 0. The minimum atomic E-state index is -0.0683. The van der Waals surface area contributed by atoms with Crippen LogP contribution in [0.25, 0.3) is 0 Å². The van der Waals surface area contributed by atoms with Crippen LogP contribution >= 0.6 is 0 Å². The van der Waals surface area contributed by atoms with E-state index in [9.17, 15) is 4.79 Å². The average molecular weight is 284 g/mol. The lowest BCUT2D eigenvalue weighted by Gasteiger charge is -2.17. The van der Waals surface area contributed by atoms with E-state index in [1.54, 1.807) is 12.3 Å². The molecule has 5 nitrogen and oxygen atoms in total. The fourth-order valence-electron chi connectivity index (χ4n) is 2.73. The first-order valence-electron chi connectivity index (χ1n) is 7.31. The molecular formula is C16H20N4O. The van der Waals surface area contributed by atoms with Crippen molar-refractivity contribution in [2.24, 2.45) is 0 Å². The van der Waals surface area contributed by atoms with Gasteiger partial charge in [0.15, 0.2) is 0 Å². The van der Waals surface area contributed by atoms with E-state index in [1.807, 2.05) is 25.1 Å². The van der Waals surface area contributed by atoms with Crippen molar-refractivity contribution in [2.75, 3.05) is 23.7 Å². The zero-order chi connectivity index (χ0) is 14.8. The van der Waals surface area contributed by atoms with Crippen LogP contribution in [-0.4, -0.2) is 22.9 Å². The number of hydrogen-bond donors (Lipinski definition) is 1. The third kappa shape index (κ3) is 2.77. The number of benzene rings is 1. The van der Waals surface area contributed by atoms with Gasteiger partial charge in [0.1, 0.15) is 0 Å². The van der Waals surface area contributed by atoms with E-state index in [2.05, 4.69) is 10.00 Å². The summed E-state index contributed by atoms with van der Waals surface area (Å²) < 4.78 is 1.49. The van der Waals surface area contributed by atoms with Crippen LogP contribution in [0.15, 0.2) is 35.3 Å². The van der Waals surface area contributed by atoms with Crippen LogP contribution in [0.4, 0.5) is 11.4 Å². The summed E-state index contributed by atoms with van der Waals surface area (Å²) in [5.74, 6) is 0. The zero-order valence-corrected chi connectivity index (χ0v) is 12.2. The summed E-state index contributed by atoms with van der Waals surface area (Å²) >= 11 is 0. The maximum absolute atomic E-state index is 12.2. The van der Waals surface area contributed by atoms with Crippen molar-refractivity contribution in [2.45, 2.75) is 26.3 Å². The third-order valence-electron chi connectivity index (χ3n) is 4.13. The van der Waals surface area contributed by atoms with Crippen molar-refractivity contribution in [1.29, 1.82) is 0 Å². The minimum absolute atomic E-state index is 0.0683. The lowest BCUT2D eigenvalue weighted by Crippen LogP contribution is -2.26. The quantitative estimate of drug-likeness (QED) is 0.873. The van der Waals surface area contributed by atoms with E-state index in [1.165, 1.54) is 17.5 Å². The molecule has 0 aliphatic carbocycles. The van der Waals surface area contributed by atoms with Crippen molar-refractivity contribution in [3.8, 4) is 0 Å². The number of nitrogens with zero attached hydrogens (tertiary/aromatic N) is 3. The molecule has 1 aliphatic rings. The first-order valence-corrected chi connectivity index (χ1v) is 7.31. The van der Waals surface area contributed by atoms with Gasteiger partial charge in [0.05, 0.1) is 18.4 Å². The summed E-state index contributed by atoms with van der Waals surface area (Å²) in [6, 6.07) is 7.43. The third-order valence-corrected chi connectivity index (χ3v) is 4.13. The van der Waals surface area contributed by atoms with Crippen LogP contribution in [0.2, 0.25) is 0 Å². The largest absolute Gasteiger partial charge is 0.399 e. The van der Waals surface area contributed by atoms with E-state index in [-0.39, 0.29) is 5.56 Å². The second-order valence-corrected chi connectivity index (χ2v) is 5.54. The minimum Gasteiger partial charge on any atom is -0.399 e. The van der Waals surface area contributed by atoms with Crippen molar-refractivity contribution in [3.05, 3.63) is 51.9 Å². The van der Waals surface area contributed by atoms with E-state index < -0.39 is 0 Å². The molecule has 0 amide bonds. The molecular weight excluding hydrogens is 264 g/mol. The van der Waals surface area contributed by atoms with Gasteiger partial charge in [0, 0.05) is 24.8 Å². The maximum atomic E-state index is 12.2. The van der Waals surface area contributed by atoms with Crippen LogP contribution in [0, 0.1) is 6.92 Å². The normalized spacial score (nSPS) is 14.6. The van der Waals surface area contributed by atoms with Gasteiger partial charge in [0.2, 0.25) is 0 Å². The Labute approximate surface area is 124 Å². The highest BCUT2D eigenvalue weighted by Gasteiger charge is 2.14. The van der Waals surface area contributed by atoms with Crippen LogP contribution < -0.4 is 16.2 Å². The number of rotatable bonds is 3. The number of nitrogens with two attached hydrogens (primary N) is 1. The molecule has 0 saturated carbocycles. The van der Waals surface area contributed by atoms with Crippen LogP contribution in [0.5, 0.6) is 0 Å². The first-order chi connectivity index (χ1) is 10.1. The Morgan fingerprint density at radius 3 is 2.76 bits per heavy atom. The van der Waals surface area contributed by atoms with E-state index in [0.717, 1.165) is 35.6 Å². The van der Waals surface area contributed by atoms with Gasteiger partial charge in [-0.3, -0.25) is 4.79 Å². The molecule has 0 spiro atoms. The monoisotopic (exact) mass is 284 g/mol. The van der Waals surface area contributed by atoms with E-state index in [4.69, 9.17) is 5.73 Å². The first kappa shape index (κ1) is 13.7. The maximum Gasteiger partial charge on any atom is 0.269 e. The molecule has 5 heteroatoms. The highest BCUT2D eigenvalue weighted by Crippen LogP contribution is 2.18. The predicted molar refractivity (Wildman–Crippen MR) is 84.6 cm³/mol. The topological polar surface area (TPSA) is 64.2 Å². The molecule has 1 aromatic carbocycles. The summed E-state index contributed by atoms with van der Waals surface area (Å²) in [6.45, 7) is 4.45. The average Bonchev–Trinajstić information content (AvgIpc) is 3.00. The fraction of sp³-hybridized carbons (Fsp3) is 0.375. The van der Waals surface area contributed by atoms with Crippen molar-refractivity contribution in [1.82, 2.24) is 9.78 Å². The molecule has 1 saturated heterocycles. The summed E-state index contributed by atoms with van der Waals surface area (Å²) in [5, 5.41) is 4.31. The Balaban J connectivity index is 1.86. The lowest BCUT2D eigenvalue weighted by molar-refractivity contribution is 0.635. The molecule has 2 aromatic rings. The van der Waals surface area contributed by atoms with E-state index in [0.29, 0.717) is 6.54 Å². The molecule has 110 valence electrons. The molecule has 1 aliphatic heterocycles. The second-order valence-electron chi connectivity index (χ2n) is 5.54. The van der Waals surface area contributed by atoms with Gasteiger partial charge in [-0.25, -0.2) is 4.68 Å². The van der Waals surface area contributed by atoms with Gasteiger partial charge in [0.25, 0.3) is 5.56 Å². The molecule has 3 rings (SSSR count). The molecule has 2 heterocycles. The Morgan fingerprint density at radius 2 is 2.05 bits per heavy atom. The SMILES string of the molecule is Cc1c(N)cccc1Cn1ncc(N2CCCC2)cc1=O.